The fourth-order valence-corrected chi connectivity index (χ4v) is 2.56. The molecule has 0 radical (unpaired) electrons. The first-order chi connectivity index (χ1) is 9.79. The summed E-state index contributed by atoms with van der Waals surface area (Å²) >= 11 is 1.52. The number of aromatic amines is 1. The van der Waals surface area contributed by atoms with E-state index >= 15 is 0 Å². The van der Waals surface area contributed by atoms with Crippen molar-refractivity contribution in [3.63, 3.8) is 0 Å². The van der Waals surface area contributed by atoms with Gasteiger partial charge in [-0.2, -0.15) is 0 Å². The fraction of sp³-hybridized carbons (Fsp3) is 0.462. The predicted molar refractivity (Wildman–Crippen MR) is 79.0 cm³/mol. The maximum atomic E-state index is 11.3. The van der Waals surface area contributed by atoms with Crippen molar-refractivity contribution >= 4 is 11.3 Å². The van der Waals surface area contributed by atoms with Crippen LogP contribution < -0.4 is 10.9 Å². The van der Waals surface area contributed by atoms with Crippen molar-refractivity contribution in [3.8, 4) is 10.7 Å². The maximum Gasteiger partial charge on any atom is 0.248 e. The van der Waals surface area contributed by atoms with E-state index in [4.69, 9.17) is 4.74 Å². The fourth-order valence-electron chi connectivity index (χ4n) is 1.70. The standard InChI is InChI=1S/C13H18N4O2S/c1-19-9-8-14-7-3-6-12-16-17-13(20-12)10-4-2-5-11(18)15-10/h2,4-5,14H,3,6-9H2,1H3,(H,15,18). The van der Waals surface area contributed by atoms with Gasteiger partial charge in [-0.1, -0.05) is 17.4 Å². The third-order valence-electron chi connectivity index (χ3n) is 2.69. The Labute approximate surface area is 121 Å². The van der Waals surface area contributed by atoms with Crippen molar-refractivity contribution in [2.45, 2.75) is 12.8 Å². The van der Waals surface area contributed by atoms with E-state index in [0.717, 1.165) is 48.2 Å². The highest BCUT2D eigenvalue weighted by atomic mass is 32.1. The Morgan fingerprint density at radius 2 is 2.25 bits per heavy atom. The van der Waals surface area contributed by atoms with E-state index in [1.165, 1.54) is 17.4 Å². The maximum absolute atomic E-state index is 11.3. The molecule has 7 heteroatoms. The number of H-pyrrole nitrogens is 1. The molecule has 0 aliphatic rings. The molecular weight excluding hydrogens is 276 g/mol. The Hall–Kier alpha value is -1.57. The molecule has 6 nitrogen and oxygen atoms in total. The van der Waals surface area contributed by atoms with Gasteiger partial charge in [-0.05, 0) is 19.0 Å². The van der Waals surface area contributed by atoms with Gasteiger partial charge in [-0.3, -0.25) is 4.79 Å². The van der Waals surface area contributed by atoms with Gasteiger partial charge in [0, 0.05) is 26.1 Å². The number of nitrogens with zero attached hydrogens (tertiary/aromatic N) is 2. The zero-order valence-electron chi connectivity index (χ0n) is 11.4. The van der Waals surface area contributed by atoms with Gasteiger partial charge in [0.25, 0.3) is 0 Å². The van der Waals surface area contributed by atoms with Gasteiger partial charge in [-0.25, -0.2) is 0 Å². The number of methoxy groups -OCH3 is 1. The molecule has 0 saturated carbocycles. The van der Waals surface area contributed by atoms with Crippen molar-refractivity contribution in [3.05, 3.63) is 33.6 Å². The van der Waals surface area contributed by atoms with E-state index in [1.54, 1.807) is 13.2 Å². The van der Waals surface area contributed by atoms with E-state index in [9.17, 15) is 4.79 Å². The molecule has 2 aromatic rings. The lowest BCUT2D eigenvalue weighted by molar-refractivity contribution is 0.199. The van der Waals surface area contributed by atoms with Gasteiger partial charge in [0.15, 0.2) is 5.01 Å². The smallest absolute Gasteiger partial charge is 0.248 e. The number of pyridine rings is 1. The van der Waals surface area contributed by atoms with Gasteiger partial charge < -0.3 is 15.0 Å². The van der Waals surface area contributed by atoms with Crippen molar-refractivity contribution in [2.24, 2.45) is 0 Å². The molecule has 2 aromatic heterocycles. The minimum atomic E-state index is -0.124. The molecule has 2 heterocycles. The number of rotatable bonds is 8. The van der Waals surface area contributed by atoms with Gasteiger partial charge in [0.2, 0.25) is 5.56 Å². The molecular formula is C13H18N4O2S. The molecule has 108 valence electrons. The minimum absolute atomic E-state index is 0.124. The van der Waals surface area contributed by atoms with E-state index in [0.29, 0.717) is 0 Å². The van der Waals surface area contributed by atoms with Crippen LogP contribution >= 0.6 is 11.3 Å². The van der Waals surface area contributed by atoms with E-state index < -0.39 is 0 Å². The number of aromatic nitrogens is 3. The van der Waals surface area contributed by atoms with Crippen molar-refractivity contribution in [1.82, 2.24) is 20.5 Å². The average molecular weight is 294 g/mol. The Morgan fingerprint density at radius 1 is 1.35 bits per heavy atom. The SMILES string of the molecule is COCCNCCCc1nnc(-c2cccc(=O)[nH]2)s1. The molecule has 20 heavy (non-hydrogen) atoms. The summed E-state index contributed by atoms with van der Waals surface area (Å²) in [4.78, 5) is 14.0. The second-order valence-corrected chi connectivity index (χ2v) is 5.34. The van der Waals surface area contributed by atoms with E-state index in [-0.39, 0.29) is 5.56 Å². The number of ether oxygens (including phenoxy) is 1. The lowest BCUT2D eigenvalue weighted by Crippen LogP contribution is -2.20. The highest BCUT2D eigenvalue weighted by Crippen LogP contribution is 2.21. The van der Waals surface area contributed by atoms with Gasteiger partial charge in [-0.15, -0.1) is 10.2 Å². The summed E-state index contributed by atoms with van der Waals surface area (Å²) in [6.07, 6.45) is 1.89. The van der Waals surface area contributed by atoms with Crippen molar-refractivity contribution < 1.29 is 4.74 Å². The van der Waals surface area contributed by atoms with Gasteiger partial charge in [0.1, 0.15) is 5.01 Å². The Kier molecular flexibility index (Phi) is 5.85. The normalized spacial score (nSPS) is 10.8. The molecule has 0 aliphatic heterocycles. The summed E-state index contributed by atoms with van der Waals surface area (Å²) in [5.74, 6) is 0. The molecule has 0 saturated heterocycles. The molecule has 2 rings (SSSR count). The summed E-state index contributed by atoms with van der Waals surface area (Å²) < 4.78 is 4.96. The van der Waals surface area contributed by atoms with E-state index in [2.05, 4.69) is 20.5 Å². The van der Waals surface area contributed by atoms with Gasteiger partial charge >= 0.3 is 0 Å². The van der Waals surface area contributed by atoms with Crippen LogP contribution in [0.3, 0.4) is 0 Å². The predicted octanol–water partition coefficient (Wildman–Crippen LogP) is 1.06. The largest absolute Gasteiger partial charge is 0.383 e. The number of aryl methyl sites for hydroxylation is 1. The lowest BCUT2D eigenvalue weighted by Gasteiger charge is -2.01. The second kappa shape index (κ2) is 7.88. The quantitative estimate of drug-likeness (QED) is 0.712. The second-order valence-electron chi connectivity index (χ2n) is 4.28. The Bertz CT molecular complexity index is 582. The highest BCUT2D eigenvalue weighted by Gasteiger charge is 2.06. The summed E-state index contributed by atoms with van der Waals surface area (Å²) in [5.41, 5.74) is 0.598. The first kappa shape index (κ1) is 14.8. The van der Waals surface area contributed by atoms with Crippen LogP contribution in [-0.2, 0) is 11.2 Å². The summed E-state index contributed by atoms with van der Waals surface area (Å²) in [5, 5.41) is 13.3. The molecule has 0 amide bonds. The molecule has 0 atom stereocenters. The third kappa shape index (κ3) is 4.52. The molecule has 0 fully saturated rings. The van der Waals surface area contributed by atoms with Crippen LogP contribution in [0, 0.1) is 0 Å². The lowest BCUT2D eigenvalue weighted by atomic mass is 10.3. The third-order valence-corrected chi connectivity index (χ3v) is 3.71. The molecule has 0 unspecified atom stereocenters. The first-order valence-corrected chi connectivity index (χ1v) is 7.33. The van der Waals surface area contributed by atoms with E-state index in [1.807, 2.05) is 6.07 Å². The zero-order chi connectivity index (χ0) is 14.2. The van der Waals surface area contributed by atoms with Crippen LogP contribution in [0.1, 0.15) is 11.4 Å². The molecule has 0 aromatic carbocycles. The summed E-state index contributed by atoms with van der Waals surface area (Å²) in [6.45, 7) is 2.52. The average Bonchev–Trinajstić information content (AvgIpc) is 2.91. The zero-order valence-corrected chi connectivity index (χ0v) is 12.2. The summed E-state index contributed by atoms with van der Waals surface area (Å²) in [7, 11) is 1.69. The van der Waals surface area contributed by atoms with Crippen LogP contribution in [0.15, 0.2) is 23.0 Å². The number of hydrogen-bond donors (Lipinski definition) is 2. The Balaban J connectivity index is 1.82. The molecule has 0 bridgehead atoms. The highest BCUT2D eigenvalue weighted by molar-refractivity contribution is 7.14. The van der Waals surface area contributed by atoms with Gasteiger partial charge in [0.05, 0.1) is 12.3 Å². The summed E-state index contributed by atoms with van der Waals surface area (Å²) in [6, 6.07) is 5.03. The van der Waals surface area contributed by atoms with Crippen molar-refractivity contribution in [2.75, 3.05) is 26.8 Å². The van der Waals surface area contributed by atoms with Crippen molar-refractivity contribution in [1.29, 1.82) is 0 Å². The number of hydrogen-bond acceptors (Lipinski definition) is 6. The minimum Gasteiger partial charge on any atom is -0.383 e. The van der Waals surface area contributed by atoms with Crippen LogP contribution in [0.2, 0.25) is 0 Å². The van der Waals surface area contributed by atoms with Crippen LogP contribution in [0.4, 0.5) is 0 Å². The van der Waals surface area contributed by atoms with Crippen LogP contribution in [0.5, 0.6) is 0 Å². The molecule has 0 aliphatic carbocycles. The molecule has 2 N–H and O–H groups in total. The molecule has 0 spiro atoms. The monoisotopic (exact) mass is 294 g/mol. The number of nitrogens with one attached hydrogen (secondary N) is 2. The topological polar surface area (TPSA) is 79.9 Å². The van der Waals surface area contributed by atoms with Crippen LogP contribution in [-0.4, -0.2) is 42.0 Å². The Morgan fingerprint density at radius 3 is 3.05 bits per heavy atom. The van der Waals surface area contributed by atoms with Crippen LogP contribution in [0.25, 0.3) is 10.7 Å². The first-order valence-electron chi connectivity index (χ1n) is 6.51.